The van der Waals surface area contributed by atoms with E-state index in [1.54, 1.807) is 11.3 Å². The van der Waals surface area contributed by atoms with Gasteiger partial charge in [0.25, 0.3) is 0 Å². The summed E-state index contributed by atoms with van der Waals surface area (Å²) in [5, 5.41) is 3.09. The van der Waals surface area contributed by atoms with Crippen LogP contribution in [0, 0.1) is 0 Å². The van der Waals surface area contributed by atoms with E-state index in [9.17, 15) is 0 Å². The largest absolute Gasteiger partial charge is 0.491 e. The second-order valence-corrected chi connectivity index (χ2v) is 7.22. The van der Waals surface area contributed by atoms with Gasteiger partial charge in [-0.1, -0.05) is 20.8 Å². The molecule has 0 radical (unpaired) electrons. The number of fused-ring (bicyclic) bond motifs is 1. The first-order valence-corrected chi connectivity index (χ1v) is 7.91. The lowest BCUT2D eigenvalue weighted by molar-refractivity contribution is 0.300. The summed E-state index contributed by atoms with van der Waals surface area (Å²) in [6, 6.07) is 5.79. The van der Waals surface area contributed by atoms with Crippen molar-refractivity contribution in [1.82, 2.24) is 4.98 Å². The van der Waals surface area contributed by atoms with Gasteiger partial charge in [-0.05, 0) is 12.1 Å². The van der Waals surface area contributed by atoms with Crippen LogP contribution in [-0.4, -0.2) is 11.6 Å². The Kier molecular flexibility index (Phi) is 3.63. The van der Waals surface area contributed by atoms with Crippen LogP contribution >= 0.6 is 11.3 Å². The molecule has 2 heterocycles. The zero-order valence-corrected chi connectivity index (χ0v) is 13.4. The molecule has 0 aliphatic carbocycles. The van der Waals surface area contributed by atoms with Crippen LogP contribution in [0.5, 0.6) is 11.5 Å². The third-order valence-electron chi connectivity index (χ3n) is 3.49. The van der Waals surface area contributed by atoms with Crippen molar-refractivity contribution in [3.8, 4) is 11.5 Å². The number of benzene rings is 1. The van der Waals surface area contributed by atoms with Crippen LogP contribution in [0.15, 0.2) is 23.6 Å². The maximum atomic E-state index is 5.93. The Morgan fingerprint density at radius 2 is 2.24 bits per heavy atom. The Hall–Kier alpha value is -1.59. The van der Waals surface area contributed by atoms with Crippen molar-refractivity contribution >= 4 is 11.3 Å². The molecule has 0 spiro atoms. The van der Waals surface area contributed by atoms with Crippen molar-refractivity contribution in [2.24, 2.45) is 5.73 Å². The average Bonchev–Trinajstić information content (AvgIpc) is 3.03. The summed E-state index contributed by atoms with van der Waals surface area (Å²) in [5.74, 6) is 1.62. The molecule has 1 aliphatic rings. The summed E-state index contributed by atoms with van der Waals surface area (Å²) in [6.45, 7) is 7.50. The second kappa shape index (κ2) is 5.31. The van der Waals surface area contributed by atoms with E-state index in [-0.39, 0.29) is 11.5 Å². The molecule has 1 atom stereocenters. The molecule has 1 aromatic carbocycles. The monoisotopic (exact) mass is 304 g/mol. The summed E-state index contributed by atoms with van der Waals surface area (Å²) in [5.41, 5.74) is 8.16. The Morgan fingerprint density at radius 3 is 2.95 bits per heavy atom. The minimum absolute atomic E-state index is 0.0256. The number of hydrogen-bond donors (Lipinski definition) is 1. The van der Waals surface area contributed by atoms with Gasteiger partial charge in [0.05, 0.1) is 11.7 Å². The molecular weight excluding hydrogens is 284 g/mol. The van der Waals surface area contributed by atoms with Gasteiger partial charge in [-0.15, -0.1) is 11.3 Å². The Balaban J connectivity index is 1.67. The van der Waals surface area contributed by atoms with Gasteiger partial charge in [0, 0.05) is 22.4 Å². The smallest absolute Gasteiger partial charge is 0.140 e. The highest BCUT2D eigenvalue weighted by molar-refractivity contribution is 7.09. The van der Waals surface area contributed by atoms with Crippen LogP contribution in [0.2, 0.25) is 0 Å². The lowest BCUT2D eigenvalue weighted by Crippen LogP contribution is -2.11. The predicted octanol–water partition coefficient (Wildman–Crippen LogP) is 3.41. The predicted molar refractivity (Wildman–Crippen MR) is 84.0 cm³/mol. The highest BCUT2D eigenvalue weighted by Gasteiger charge is 2.21. The highest BCUT2D eigenvalue weighted by atomic mass is 32.1. The zero-order chi connectivity index (χ0) is 15.0. The van der Waals surface area contributed by atoms with Crippen molar-refractivity contribution in [3.05, 3.63) is 39.8 Å². The summed E-state index contributed by atoms with van der Waals surface area (Å²) in [7, 11) is 0. The first-order chi connectivity index (χ1) is 9.93. The van der Waals surface area contributed by atoms with E-state index in [1.807, 2.05) is 18.2 Å². The number of nitrogens with two attached hydrogens (primary N) is 1. The molecule has 0 saturated heterocycles. The molecule has 2 N–H and O–H groups in total. The maximum absolute atomic E-state index is 5.93. The number of nitrogens with zero attached hydrogens (tertiary/aromatic N) is 1. The molecule has 1 unspecified atom stereocenters. The molecule has 4 nitrogen and oxygen atoms in total. The lowest BCUT2D eigenvalue weighted by Gasteiger charge is -2.14. The molecule has 5 heteroatoms. The van der Waals surface area contributed by atoms with E-state index in [1.165, 1.54) is 0 Å². The van der Waals surface area contributed by atoms with E-state index >= 15 is 0 Å². The summed E-state index contributed by atoms with van der Waals surface area (Å²) >= 11 is 1.63. The van der Waals surface area contributed by atoms with Gasteiger partial charge in [0.2, 0.25) is 0 Å². The second-order valence-electron chi connectivity index (χ2n) is 6.28. The topological polar surface area (TPSA) is 57.4 Å². The van der Waals surface area contributed by atoms with Crippen LogP contribution in [0.4, 0.5) is 0 Å². The van der Waals surface area contributed by atoms with Crippen molar-refractivity contribution in [3.63, 3.8) is 0 Å². The fourth-order valence-electron chi connectivity index (χ4n) is 2.17. The van der Waals surface area contributed by atoms with Gasteiger partial charge in [-0.3, -0.25) is 0 Å². The standard InChI is InChI=1S/C16H20N2O2S/c1-16(2,3)14-9-21-15(18-14)8-19-10-4-5-11-12(17)7-20-13(11)6-10/h4-6,9,12H,7-8,17H2,1-3H3. The Labute approximate surface area is 128 Å². The normalized spacial score (nSPS) is 17.4. The first kappa shape index (κ1) is 14.4. The number of ether oxygens (including phenoxy) is 2. The molecule has 21 heavy (non-hydrogen) atoms. The Bertz CT molecular complexity index is 646. The van der Waals surface area contributed by atoms with Gasteiger partial charge >= 0.3 is 0 Å². The minimum atomic E-state index is -0.0256. The van der Waals surface area contributed by atoms with Crippen LogP contribution < -0.4 is 15.2 Å². The van der Waals surface area contributed by atoms with E-state index in [4.69, 9.17) is 15.2 Å². The molecule has 0 bridgehead atoms. The van der Waals surface area contributed by atoms with Gasteiger partial charge in [0.1, 0.15) is 29.7 Å². The van der Waals surface area contributed by atoms with Crippen molar-refractivity contribution in [2.75, 3.05) is 6.61 Å². The molecule has 1 aliphatic heterocycles. The fraction of sp³-hybridized carbons (Fsp3) is 0.438. The van der Waals surface area contributed by atoms with E-state index in [2.05, 4.69) is 31.1 Å². The van der Waals surface area contributed by atoms with Crippen LogP contribution in [-0.2, 0) is 12.0 Å². The molecule has 3 rings (SSSR count). The summed E-state index contributed by atoms with van der Waals surface area (Å²) in [6.07, 6.45) is 0. The van der Waals surface area contributed by atoms with E-state index < -0.39 is 0 Å². The third kappa shape index (κ3) is 3.04. The highest BCUT2D eigenvalue weighted by Crippen LogP contribution is 2.34. The lowest BCUT2D eigenvalue weighted by atomic mass is 9.93. The van der Waals surface area contributed by atoms with Crippen molar-refractivity contribution < 1.29 is 9.47 Å². The third-order valence-corrected chi connectivity index (χ3v) is 4.31. The number of rotatable bonds is 3. The van der Waals surface area contributed by atoms with E-state index in [0.29, 0.717) is 13.2 Å². The summed E-state index contributed by atoms with van der Waals surface area (Å²) in [4.78, 5) is 4.62. The molecule has 2 aromatic rings. The van der Waals surface area contributed by atoms with Gasteiger partial charge in [0.15, 0.2) is 0 Å². The number of hydrogen-bond acceptors (Lipinski definition) is 5. The van der Waals surface area contributed by atoms with Crippen LogP contribution in [0.3, 0.4) is 0 Å². The Morgan fingerprint density at radius 1 is 1.43 bits per heavy atom. The van der Waals surface area contributed by atoms with Gasteiger partial charge in [-0.2, -0.15) is 0 Å². The molecule has 0 saturated carbocycles. The minimum Gasteiger partial charge on any atom is -0.491 e. The number of aromatic nitrogens is 1. The summed E-state index contributed by atoms with van der Waals surface area (Å²) < 4.78 is 11.3. The first-order valence-electron chi connectivity index (χ1n) is 7.03. The van der Waals surface area contributed by atoms with Crippen molar-refractivity contribution in [2.45, 2.75) is 38.8 Å². The fourth-order valence-corrected chi connectivity index (χ4v) is 3.10. The van der Waals surface area contributed by atoms with Gasteiger partial charge in [-0.25, -0.2) is 4.98 Å². The molecular formula is C16H20N2O2S. The van der Waals surface area contributed by atoms with Crippen molar-refractivity contribution in [1.29, 1.82) is 0 Å². The maximum Gasteiger partial charge on any atom is 0.140 e. The molecule has 1 aromatic heterocycles. The molecule has 112 valence electrons. The van der Waals surface area contributed by atoms with Gasteiger partial charge < -0.3 is 15.2 Å². The average molecular weight is 304 g/mol. The zero-order valence-electron chi connectivity index (χ0n) is 12.6. The van der Waals surface area contributed by atoms with Crippen LogP contribution in [0.25, 0.3) is 0 Å². The molecule has 0 amide bonds. The quantitative estimate of drug-likeness (QED) is 0.944. The molecule has 0 fully saturated rings. The SMILES string of the molecule is CC(C)(C)c1csc(COc2ccc3c(c2)OCC3N)n1. The van der Waals surface area contributed by atoms with E-state index in [0.717, 1.165) is 27.8 Å². The number of thiazole rings is 1. The van der Waals surface area contributed by atoms with Crippen LogP contribution in [0.1, 0.15) is 43.1 Å².